The molecule has 2 aromatic rings. The first-order chi connectivity index (χ1) is 9.70. The van der Waals surface area contributed by atoms with Gasteiger partial charge in [-0.25, -0.2) is 4.98 Å². The number of carbonyl (C=O) groups excluding carboxylic acids is 2. The topological polar surface area (TPSA) is 72.1 Å². The van der Waals surface area contributed by atoms with Gasteiger partial charge in [0, 0.05) is 29.9 Å². The largest absolute Gasteiger partial charge is 0.466 e. The number of ketones is 1. The Morgan fingerprint density at radius 2 is 1.95 bits per heavy atom. The van der Waals surface area contributed by atoms with Gasteiger partial charge < -0.3 is 9.72 Å². The number of benzene rings is 1. The molecule has 104 valence electrons. The molecule has 0 bridgehead atoms. The SMILES string of the molecule is CCOC(=O)CCC(=O)c1ccc(-c2ncc[nH]2)cc1. The monoisotopic (exact) mass is 272 g/mol. The molecule has 0 aliphatic rings. The third kappa shape index (κ3) is 3.54. The number of hydrogen-bond donors (Lipinski definition) is 1. The van der Waals surface area contributed by atoms with E-state index < -0.39 is 0 Å². The summed E-state index contributed by atoms with van der Waals surface area (Å²) in [4.78, 5) is 30.3. The third-order valence-electron chi connectivity index (χ3n) is 2.84. The van der Waals surface area contributed by atoms with Crippen LogP contribution in [-0.2, 0) is 9.53 Å². The minimum Gasteiger partial charge on any atom is -0.466 e. The van der Waals surface area contributed by atoms with Crippen LogP contribution in [0, 0.1) is 0 Å². The van der Waals surface area contributed by atoms with Crippen LogP contribution in [0.5, 0.6) is 0 Å². The molecule has 0 amide bonds. The van der Waals surface area contributed by atoms with Gasteiger partial charge in [0.1, 0.15) is 5.82 Å². The van der Waals surface area contributed by atoms with Gasteiger partial charge in [0.25, 0.3) is 0 Å². The van der Waals surface area contributed by atoms with Crippen molar-refractivity contribution in [3.8, 4) is 11.4 Å². The van der Waals surface area contributed by atoms with Gasteiger partial charge in [-0.15, -0.1) is 0 Å². The molecule has 0 spiro atoms. The molecule has 0 saturated carbocycles. The number of ether oxygens (including phenoxy) is 1. The molecule has 1 aromatic heterocycles. The van der Waals surface area contributed by atoms with Gasteiger partial charge in [0.05, 0.1) is 13.0 Å². The van der Waals surface area contributed by atoms with Gasteiger partial charge in [-0.05, 0) is 6.92 Å². The molecule has 1 N–H and O–H groups in total. The van der Waals surface area contributed by atoms with Crippen LogP contribution in [0.4, 0.5) is 0 Å². The van der Waals surface area contributed by atoms with Crippen molar-refractivity contribution < 1.29 is 14.3 Å². The second-order valence-electron chi connectivity index (χ2n) is 4.24. The van der Waals surface area contributed by atoms with Gasteiger partial charge >= 0.3 is 5.97 Å². The Morgan fingerprint density at radius 3 is 2.55 bits per heavy atom. The Balaban J connectivity index is 1.96. The maximum Gasteiger partial charge on any atom is 0.306 e. The molecule has 5 nitrogen and oxygen atoms in total. The Labute approximate surface area is 117 Å². The molecule has 0 aliphatic heterocycles. The van der Waals surface area contributed by atoms with Crippen molar-refractivity contribution in [1.29, 1.82) is 0 Å². The highest BCUT2D eigenvalue weighted by Gasteiger charge is 2.10. The van der Waals surface area contributed by atoms with Crippen molar-refractivity contribution >= 4 is 11.8 Å². The Kier molecular flexibility index (Phi) is 4.65. The molecular formula is C15H16N2O3. The zero-order chi connectivity index (χ0) is 14.4. The number of nitrogens with zero attached hydrogens (tertiary/aromatic N) is 1. The van der Waals surface area contributed by atoms with Gasteiger partial charge in [0.15, 0.2) is 5.78 Å². The highest BCUT2D eigenvalue weighted by Crippen LogP contribution is 2.16. The lowest BCUT2D eigenvalue weighted by molar-refractivity contribution is -0.143. The molecule has 1 heterocycles. The minimum atomic E-state index is -0.340. The Bertz CT molecular complexity index is 574. The van der Waals surface area contributed by atoms with E-state index in [4.69, 9.17) is 4.74 Å². The maximum atomic E-state index is 11.9. The summed E-state index contributed by atoms with van der Waals surface area (Å²) in [6.07, 6.45) is 3.70. The maximum absolute atomic E-state index is 11.9. The zero-order valence-electron chi connectivity index (χ0n) is 11.3. The average molecular weight is 272 g/mol. The van der Waals surface area contributed by atoms with Crippen LogP contribution in [0.15, 0.2) is 36.7 Å². The number of rotatable bonds is 6. The van der Waals surface area contributed by atoms with Crippen LogP contribution < -0.4 is 0 Å². The number of esters is 1. The number of imidazole rings is 1. The zero-order valence-corrected chi connectivity index (χ0v) is 11.3. The molecule has 0 unspecified atom stereocenters. The Morgan fingerprint density at radius 1 is 1.20 bits per heavy atom. The lowest BCUT2D eigenvalue weighted by Gasteiger charge is -2.03. The molecule has 0 radical (unpaired) electrons. The van der Waals surface area contributed by atoms with Gasteiger partial charge in [0.2, 0.25) is 0 Å². The van der Waals surface area contributed by atoms with E-state index in [1.807, 2.05) is 12.1 Å². The molecule has 0 fully saturated rings. The molecule has 20 heavy (non-hydrogen) atoms. The van der Waals surface area contributed by atoms with Crippen molar-refractivity contribution in [2.45, 2.75) is 19.8 Å². The van der Waals surface area contributed by atoms with Crippen LogP contribution in [0.25, 0.3) is 11.4 Å². The normalized spacial score (nSPS) is 10.2. The van der Waals surface area contributed by atoms with E-state index >= 15 is 0 Å². The van der Waals surface area contributed by atoms with Crippen LogP contribution in [0.2, 0.25) is 0 Å². The summed E-state index contributed by atoms with van der Waals surface area (Å²) < 4.78 is 4.79. The molecule has 0 aliphatic carbocycles. The molecule has 1 aromatic carbocycles. The van der Waals surface area contributed by atoms with Gasteiger partial charge in [-0.1, -0.05) is 24.3 Å². The third-order valence-corrected chi connectivity index (χ3v) is 2.84. The number of H-pyrrole nitrogens is 1. The Hall–Kier alpha value is -2.43. The number of nitrogens with one attached hydrogen (secondary N) is 1. The molecule has 0 atom stereocenters. The quantitative estimate of drug-likeness (QED) is 0.648. The second-order valence-corrected chi connectivity index (χ2v) is 4.24. The summed E-state index contributed by atoms with van der Waals surface area (Å²) in [7, 11) is 0. The average Bonchev–Trinajstić information content (AvgIpc) is 2.99. The van der Waals surface area contributed by atoms with Crippen molar-refractivity contribution in [2.75, 3.05) is 6.61 Å². The first kappa shape index (κ1) is 14.0. The molecule has 0 saturated heterocycles. The fraction of sp³-hybridized carbons (Fsp3) is 0.267. The minimum absolute atomic E-state index is 0.0657. The van der Waals surface area contributed by atoms with Crippen molar-refractivity contribution in [3.05, 3.63) is 42.2 Å². The molecular weight excluding hydrogens is 256 g/mol. The smallest absolute Gasteiger partial charge is 0.306 e. The number of Topliss-reactive ketones (excluding diaryl/α,β-unsaturated/α-hetero) is 1. The first-order valence-corrected chi connectivity index (χ1v) is 6.49. The summed E-state index contributed by atoms with van der Waals surface area (Å²) in [5.74, 6) is 0.354. The summed E-state index contributed by atoms with van der Waals surface area (Å²) in [6.45, 7) is 2.08. The van der Waals surface area contributed by atoms with E-state index in [0.717, 1.165) is 11.4 Å². The number of hydrogen-bond acceptors (Lipinski definition) is 4. The lowest BCUT2D eigenvalue weighted by Crippen LogP contribution is -2.07. The van der Waals surface area contributed by atoms with Crippen LogP contribution in [0.3, 0.4) is 0 Å². The van der Waals surface area contributed by atoms with Crippen LogP contribution in [-0.4, -0.2) is 28.3 Å². The summed E-state index contributed by atoms with van der Waals surface area (Å²) in [5, 5.41) is 0. The number of carbonyl (C=O) groups is 2. The van der Waals surface area contributed by atoms with E-state index in [0.29, 0.717) is 12.2 Å². The highest BCUT2D eigenvalue weighted by atomic mass is 16.5. The lowest BCUT2D eigenvalue weighted by atomic mass is 10.0. The fourth-order valence-electron chi connectivity index (χ4n) is 1.83. The standard InChI is InChI=1S/C15H16N2O3/c1-2-20-14(19)8-7-13(18)11-3-5-12(6-4-11)15-16-9-10-17-15/h3-6,9-10H,2,7-8H2,1H3,(H,16,17). The predicted molar refractivity (Wildman–Crippen MR) is 74.2 cm³/mol. The summed E-state index contributed by atoms with van der Waals surface area (Å²) in [5.41, 5.74) is 1.50. The van der Waals surface area contributed by atoms with E-state index in [-0.39, 0.29) is 24.6 Å². The van der Waals surface area contributed by atoms with Crippen molar-refractivity contribution in [1.82, 2.24) is 9.97 Å². The van der Waals surface area contributed by atoms with Gasteiger partial charge in [-0.2, -0.15) is 0 Å². The first-order valence-electron chi connectivity index (χ1n) is 6.49. The van der Waals surface area contributed by atoms with E-state index in [9.17, 15) is 9.59 Å². The summed E-state index contributed by atoms with van der Waals surface area (Å²) in [6, 6.07) is 7.14. The van der Waals surface area contributed by atoms with E-state index in [2.05, 4.69) is 9.97 Å². The van der Waals surface area contributed by atoms with Crippen LogP contribution >= 0.6 is 0 Å². The molecule has 5 heteroatoms. The highest BCUT2D eigenvalue weighted by molar-refractivity contribution is 5.97. The second kappa shape index (κ2) is 6.65. The number of aromatic amines is 1. The van der Waals surface area contributed by atoms with Gasteiger partial charge in [-0.3, -0.25) is 9.59 Å². The van der Waals surface area contributed by atoms with E-state index in [1.165, 1.54) is 0 Å². The van der Waals surface area contributed by atoms with Crippen LogP contribution in [0.1, 0.15) is 30.1 Å². The predicted octanol–water partition coefficient (Wildman–Crippen LogP) is 2.60. The van der Waals surface area contributed by atoms with Crippen molar-refractivity contribution in [2.24, 2.45) is 0 Å². The fourth-order valence-corrected chi connectivity index (χ4v) is 1.83. The van der Waals surface area contributed by atoms with Crippen molar-refractivity contribution in [3.63, 3.8) is 0 Å². The summed E-state index contributed by atoms with van der Waals surface area (Å²) >= 11 is 0. The number of aromatic nitrogens is 2. The van der Waals surface area contributed by atoms with E-state index in [1.54, 1.807) is 31.5 Å². The molecule has 2 rings (SSSR count).